The number of hydrogen-bond acceptors (Lipinski definition) is 4. The van der Waals surface area contributed by atoms with E-state index in [1.807, 2.05) is 7.05 Å². The molecule has 0 heterocycles. The molecular formula is C15H23NO3S. The van der Waals surface area contributed by atoms with Crippen molar-refractivity contribution in [2.75, 3.05) is 14.2 Å². The molecule has 0 saturated heterocycles. The van der Waals surface area contributed by atoms with Crippen LogP contribution in [0.4, 0.5) is 0 Å². The van der Waals surface area contributed by atoms with Gasteiger partial charge in [-0.2, -0.15) is 0 Å². The van der Waals surface area contributed by atoms with E-state index in [1.165, 1.54) is 0 Å². The number of sulfone groups is 1. The highest BCUT2D eigenvalue weighted by Gasteiger charge is 2.34. The van der Waals surface area contributed by atoms with Crippen LogP contribution in [0.25, 0.3) is 0 Å². The van der Waals surface area contributed by atoms with Crippen molar-refractivity contribution in [3.05, 3.63) is 24.3 Å². The molecule has 0 radical (unpaired) electrons. The zero-order chi connectivity index (χ0) is 14.6. The summed E-state index contributed by atoms with van der Waals surface area (Å²) in [6.07, 6.45) is 4.83. The zero-order valence-electron chi connectivity index (χ0n) is 12.1. The molecule has 1 aromatic rings. The molecule has 0 aromatic heterocycles. The van der Waals surface area contributed by atoms with Gasteiger partial charge in [0.25, 0.3) is 0 Å². The molecule has 2 rings (SSSR count). The Balaban J connectivity index is 2.35. The lowest BCUT2D eigenvalue weighted by Gasteiger charge is -2.24. The second-order valence-electron chi connectivity index (χ2n) is 5.30. The van der Waals surface area contributed by atoms with Crippen molar-refractivity contribution < 1.29 is 13.2 Å². The van der Waals surface area contributed by atoms with Crippen LogP contribution >= 0.6 is 0 Å². The molecule has 0 spiro atoms. The van der Waals surface area contributed by atoms with Crippen LogP contribution in [0.15, 0.2) is 29.2 Å². The van der Waals surface area contributed by atoms with Crippen LogP contribution in [-0.4, -0.2) is 33.9 Å². The molecule has 1 aliphatic carbocycles. The second kappa shape index (κ2) is 6.59. The highest BCUT2D eigenvalue weighted by molar-refractivity contribution is 7.92. The van der Waals surface area contributed by atoms with Gasteiger partial charge in [-0.05, 0) is 38.1 Å². The number of benzene rings is 1. The second-order valence-corrected chi connectivity index (χ2v) is 7.46. The molecule has 5 heteroatoms. The van der Waals surface area contributed by atoms with Crippen LogP contribution in [0.5, 0.6) is 5.75 Å². The lowest BCUT2D eigenvalue weighted by molar-refractivity contribution is 0.413. The lowest BCUT2D eigenvalue weighted by atomic mass is 10.1. The Labute approximate surface area is 121 Å². The largest absolute Gasteiger partial charge is 0.497 e. The number of methoxy groups -OCH3 is 1. The standard InChI is InChI=1S/C15H23NO3S/c1-16-14-9-4-3-5-10-15(14)20(17,18)13-8-6-7-12(11-13)19-2/h6-8,11,14-16H,3-5,9-10H2,1-2H3. The highest BCUT2D eigenvalue weighted by atomic mass is 32.2. The summed E-state index contributed by atoms with van der Waals surface area (Å²) in [7, 11) is 0.0789. The van der Waals surface area contributed by atoms with Crippen LogP contribution < -0.4 is 10.1 Å². The molecule has 0 amide bonds. The van der Waals surface area contributed by atoms with Gasteiger partial charge in [-0.3, -0.25) is 0 Å². The Morgan fingerprint density at radius 2 is 1.95 bits per heavy atom. The first-order valence-electron chi connectivity index (χ1n) is 7.15. The Kier molecular flexibility index (Phi) is 5.05. The van der Waals surface area contributed by atoms with Crippen molar-refractivity contribution in [1.82, 2.24) is 5.32 Å². The van der Waals surface area contributed by atoms with Crippen molar-refractivity contribution in [2.24, 2.45) is 0 Å². The van der Waals surface area contributed by atoms with E-state index in [1.54, 1.807) is 31.4 Å². The predicted molar refractivity (Wildman–Crippen MR) is 79.9 cm³/mol. The molecule has 1 aromatic carbocycles. The molecule has 0 aliphatic heterocycles. The minimum Gasteiger partial charge on any atom is -0.497 e. The minimum absolute atomic E-state index is 0.0358. The van der Waals surface area contributed by atoms with Gasteiger partial charge in [0.1, 0.15) is 5.75 Å². The molecule has 1 N–H and O–H groups in total. The molecule has 20 heavy (non-hydrogen) atoms. The van der Waals surface area contributed by atoms with Crippen LogP contribution in [0.2, 0.25) is 0 Å². The minimum atomic E-state index is -3.32. The van der Waals surface area contributed by atoms with E-state index in [9.17, 15) is 8.42 Å². The van der Waals surface area contributed by atoms with E-state index in [2.05, 4.69) is 5.32 Å². The molecule has 2 atom stereocenters. The molecule has 1 aliphatic rings. The van der Waals surface area contributed by atoms with Gasteiger partial charge < -0.3 is 10.1 Å². The van der Waals surface area contributed by atoms with Crippen molar-refractivity contribution in [3.8, 4) is 5.75 Å². The number of hydrogen-bond donors (Lipinski definition) is 1. The summed E-state index contributed by atoms with van der Waals surface area (Å²) >= 11 is 0. The fraction of sp³-hybridized carbons (Fsp3) is 0.600. The summed E-state index contributed by atoms with van der Waals surface area (Å²) in [5.41, 5.74) is 0. The summed E-state index contributed by atoms with van der Waals surface area (Å²) < 4.78 is 30.9. The molecule has 0 bridgehead atoms. The average Bonchev–Trinajstić information content (AvgIpc) is 2.72. The van der Waals surface area contributed by atoms with Crippen molar-refractivity contribution in [2.45, 2.75) is 48.3 Å². The van der Waals surface area contributed by atoms with E-state index in [-0.39, 0.29) is 11.3 Å². The summed E-state index contributed by atoms with van der Waals surface area (Å²) in [6.45, 7) is 0. The summed E-state index contributed by atoms with van der Waals surface area (Å²) in [5.74, 6) is 0.584. The smallest absolute Gasteiger partial charge is 0.182 e. The quantitative estimate of drug-likeness (QED) is 0.867. The zero-order valence-corrected chi connectivity index (χ0v) is 12.9. The van der Waals surface area contributed by atoms with Gasteiger partial charge >= 0.3 is 0 Å². The Hall–Kier alpha value is -1.07. The van der Waals surface area contributed by atoms with Gasteiger partial charge in [0.2, 0.25) is 0 Å². The number of ether oxygens (including phenoxy) is 1. The summed E-state index contributed by atoms with van der Waals surface area (Å²) in [4.78, 5) is 0.365. The number of nitrogens with one attached hydrogen (secondary N) is 1. The van der Waals surface area contributed by atoms with E-state index < -0.39 is 9.84 Å². The Morgan fingerprint density at radius 1 is 1.20 bits per heavy atom. The molecular weight excluding hydrogens is 274 g/mol. The monoisotopic (exact) mass is 297 g/mol. The fourth-order valence-electron chi connectivity index (χ4n) is 2.93. The van der Waals surface area contributed by atoms with E-state index in [4.69, 9.17) is 4.74 Å². The average molecular weight is 297 g/mol. The maximum atomic E-state index is 12.9. The SMILES string of the molecule is CNC1CCCCCC1S(=O)(=O)c1cccc(OC)c1. The first-order chi connectivity index (χ1) is 9.59. The molecule has 2 unspecified atom stereocenters. The Morgan fingerprint density at radius 3 is 2.65 bits per heavy atom. The van der Waals surface area contributed by atoms with E-state index >= 15 is 0 Å². The van der Waals surface area contributed by atoms with Gasteiger partial charge in [0.05, 0.1) is 17.3 Å². The maximum Gasteiger partial charge on any atom is 0.182 e. The molecule has 112 valence electrons. The molecule has 4 nitrogen and oxygen atoms in total. The normalized spacial score (nSPS) is 24.1. The van der Waals surface area contributed by atoms with Gasteiger partial charge in [-0.1, -0.05) is 25.3 Å². The first kappa shape index (κ1) is 15.3. The van der Waals surface area contributed by atoms with Crippen molar-refractivity contribution >= 4 is 9.84 Å². The van der Waals surface area contributed by atoms with Gasteiger partial charge in [0, 0.05) is 6.04 Å². The fourth-order valence-corrected chi connectivity index (χ4v) is 5.01. The van der Waals surface area contributed by atoms with Crippen molar-refractivity contribution in [3.63, 3.8) is 0 Å². The number of rotatable bonds is 4. The molecule has 1 fully saturated rings. The van der Waals surface area contributed by atoms with Gasteiger partial charge in [0.15, 0.2) is 9.84 Å². The summed E-state index contributed by atoms with van der Waals surface area (Å²) in [5, 5.41) is 2.84. The third kappa shape index (κ3) is 3.15. The first-order valence-corrected chi connectivity index (χ1v) is 8.69. The van der Waals surface area contributed by atoms with Crippen molar-refractivity contribution in [1.29, 1.82) is 0 Å². The van der Waals surface area contributed by atoms with Crippen LogP contribution in [0, 0.1) is 0 Å². The van der Waals surface area contributed by atoms with Crippen LogP contribution in [0.1, 0.15) is 32.1 Å². The van der Waals surface area contributed by atoms with Gasteiger partial charge in [-0.15, -0.1) is 0 Å². The van der Waals surface area contributed by atoms with Crippen LogP contribution in [0.3, 0.4) is 0 Å². The molecule has 1 saturated carbocycles. The van der Waals surface area contributed by atoms with Crippen LogP contribution in [-0.2, 0) is 9.84 Å². The van der Waals surface area contributed by atoms with E-state index in [0.717, 1.165) is 32.1 Å². The maximum absolute atomic E-state index is 12.9. The van der Waals surface area contributed by atoms with E-state index in [0.29, 0.717) is 10.6 Å². The summed E-state index contributed by atoms with van der Waals surface area (Å²) in [6, 6.07) is 6.81. The third-order valence-corrected chi connectivity index (χ3v) is 6.36. The topological polar surface area (TPSA) is 55.4 Å². The highest BCUT2D eigenvalue weighted by Crippen LogP contribution is 2.29. The third-order valence-electron chi connectivity index (χ3n) is 4.09. The van der Waals surface area contributed by atoms with Gasteiger partial charge in [-0.25, -0.2) is 8.42 Å². The predicted octanol–water partition coefficient (Wildman–Crippen LogP) is 2.39. The Bertz CT molecular complexity index is 542. The lowest BCUT2D eigenvalue weighted by Crippen LogP contribution is -2.41.